The van der Waals surface area contributed by atoms with Crippen LogP contribution in [0.15, 0.2) is 163 Å². The summed E-state index contributed by atoms with van der Waals surface area (Å²) in [5.41, 5.74) is 9.21. The van der Waals surface area contributed by atoms with E-state index in [0.717, 1.165) is 61.7 Å². The first-order valence-corrected chi connectivity index (χ1v) is 16.6. The largest absolute Gasteiger partial charge is 0.489 e. The minimum atomic E-state index is 0.435. The minimum Gasteiger partial charge on any atom is -0.489 e. The number of aromatic nitrogens is 3. The van der Waals surface area contributed by atoms with Gasteiger partial charge in [0.15, 0.2) is 5.58 Å². The van der Waals surface area contributed by atoms with Gasteiger partial charge in [0.2, 0.25) is 5.89 Å². The third kappa shape index (κ3) is 6.44. The van der Waals surface area contributed by atoms with Crippen molar-refractivity contribution < 1.29 is 13.9 Å². The molecule has 5 aromatic carbocycles. The van der Waals surface area contributed by atoms with Crippen molar-refractivity contribution in [1.82, 2.24) is 15.0 Å². The van der Waals surface area contributed by atoms with Gasteiger partial charge in [0.25, 0.3) is 0 Å². The molecule has 0 saturated carbocycles. The summed E-state index contributed by atoms with van der Waals surface area (Å²) in [4.78, 5) is 13.9. The number of benzene rings is 5. The smallest absolute Gasteiger partial charge is 0.227 e. The van der Waals surface area contributed by atoms with Crippen LogP contribution in [0.2, 0.25) is 5.02 Å². The van der Waals surface area contributed by atoms with Crippen LogP contribution in [0.4, 0.5) is 0 Å². The molecule has 0 unspecified atom stereocenters. The van der Waals surface area contributed by atoms with Gasteiger partial charge in [-0.2, -0.15) is 0 Å². The second kappa shape index (κ2) is 14.1. The van der Waals surface area contributed by atoms with Crippen LogP contribution in [0.25, 0.3) is 56.1 Å². The van der Waals surface area contributed by atoms with Crippen LogP contribution in [0, 0.1) is 0 Å². The highest BCUT2D eigenvalue weighted by molar-refractivity contribution is 6.39. The number of hydrogen-bond donors (Lipinski definition) is 0. The average molecular weight is 672 g/mol. The Kier molecular flexibility index (Phi) is 8.75. The molecule has 8 rings (SSSR count). The molecular weight excluding hydrogens is 642 g/mol. The topological polar surface area (TPSA) is 70.3 Å². The van der Waals surface area contributed by atoms with Gasteiger partial charge in [-0.3, -0.25) is 9.97 Å². The molecule has 50 heavy (non-hydrogen) atoms. The van der Waals surface area contributed by atoms with Crippen molar-refractivity contribution in [2.24, 2.45) is 0 Å². The Bertz CT molecular complexity index is 2350. The number of oxazole rings is 1. The molecular formula is C43H30ClN3O3. The van der Waals surface area contributed by atoms with Gasteiger partial charge in [0.1, 0.15) is 30.2 Å². The molecule has 0 spiro atoms. The van der Waals surface area contributed by atoms with Crippen molar-refractivity contribution in [2.75, 3.05) is 0 Å². The fourth-order valence-electron chi connectivity index (χ4n) is 5.95. The first-order chi connectivity index (χ1) is 24.7. The number of ether oxygens (including phenoxy) is 2. The number of fused-ring (bicyclic) bond motifs is 1. The predicted molar refractivity (Wildman–Crippen MR) is 198 cm³/mol. The molecule has 0 aliphatic heterocycles. The highest BCUT2D eigenvalue weighted by Gasteiger charge is 2.27. The molecule has 6 nitrogen and oxygen atoms in total. The third-order valence-electron chi connectivity index (χ3n) is 8.41. The van der Waals surface area contributed by atoms with Crippen molar-refractivity contribution in [3.8, 4) is 56.5 Å². The van der Waals surface area contributed by atoms with E-state index in [2.05, 4.69) is 17.1 Å². The highest BCUT2D eigenvalue weighted by Crippen LogP contribution is 2.50. The molecule has 3 heterocycles. The van der Waals surface area contributed by atoms with Crippen molar-refractivity contribution in [3.05, 3.63) is 174 Å². The third-order valence-corrected chi connectivity index (χ3v) is 8.77. The van der Waals surface area contributed by atoms with Gasteiger partial charge in [-0.25, -0.2) is 4.98 Å². The SMILES string of the molecule is Clc1c(-c2ccccn2)c(-c2ccc(OCc3ccccc3)cc2)c(-c2ccc(OCc3ccncc3)cc2)c2nc(-c3ccccc3)oc12. The Morgan fingerprint density at radius 3 is 1.72 bits per heavy atom. The van der Waals surface area contributed by atoms with Gasteiger partial charge in [-0.1, -0.05) is 90.5 Å². The fraction of sp³-hybridized carbons (Fsp3) is 0.0465. The number of pyridine rings is 2. The van der Waals surface area contributed by atoms with Crippen molar-refractivity contribution >= 4 is 22.7 Å². The minimum absolute atomic E-state index is 0.435. The normalized spacial score (nSPS) is 11.1. The molecule has 242 valence electrons. The van der Waals surface area contributed by atoms with Crippen LogP contribution in [-0.2, 0) is 13.2 Å². The van der Waals surface area contributed by atoms with Crippen LogP contribution < -0.4 is 9.47 Å². The van der Waals surface area contributed by atoms with Crippen molar-refractivity contribution in [2.45, 2.75) is 13.2 Å². The maximum Gasteiger partial charge on any atom is 0.227 e. The Hall–Kier alpha value is -6.24. The monoisotopic (exact) mass is 671 g/mol. The Morgan fingerprint density at radius 1 is 0.520 bits per heavy atom. The van der Waals surface area contributed by atoms with E-state index in [1.165, 1.54) is 0 Å². The number of rotatable bonds is 10. The molecule has 0 aliphatic rings. The van der Waals surface area contributed by atoms with Crippen molar-refractivity contribution in [3.63, 3.8) is 0 Å². The zero-order chi connectivity index (χ0) is 33.7. The van der Waals surface area contributed by atoms with Gasteiger partial charge in [0, 0.05) is 40.8 Å². The molecule has 3 aromatic heterocycles. The van der Waals surface area contributed by atoms with E-state index in [9.17, 15) is 0 Å². The summed E-state index contributed by atoms with van der Waals surface area (Å²) in [6, 6.07) is 45.8. The zero-order valence-corrected chi connectivity index (χ0v) is 27.6. The molecule has 0 saturated heterocycles. The van der Waals surface area contributed by atoms with Gasteiger partial charge in [0.05, 0.1) is 10.7 Å². The number of nitrogens with zero attached hydrogens (tertiary/aromatic N) is 3. The lowest BCUT2D eigenvalue weighted by Crippen LogP contribution is -1.97. The summed E-state index contributed by atoms with van der Waals surface area (Å²) >= 11 is 7.34. The Labute approximate surface area is 294 Å². The molecule has 8 aromatic rings. The summed E-state index contributed by atoms with van der Waals surface area (Å²) in [6.45, 7) is 0.906. The standard InChI is InChI=1S/C43H30ClN3O3/c44-40-39(36-13-7-8-24-46-36)37(31-14-18-34(19-15-31)48-27-29-9-3-1-4-10-29)38(41-42(40)50-43(47-41)33-11-5-2-6-12-33)32-16-20-35(21-17-32)49-28-30-22-25-45-26-23-30/h1-26H,27-28H2. The van der Waals surface area contributed by atoms with E-state index in [1.54, 1.807) is 18.6 Å². The van der Waals surface area contributed by atoms with Gasteiger partial charge >= 0.3 is 0 Å². The van der Waals surface area contributed by atoms with Crippen LogP contribution in [0.3, 0.4) is 0 Å². The second-order valence-corrected chi connectivity index (χ2v) is 12.1. The first-order valence-electron chi connectivity index (χ1n) is 16.2. The lowest BCUT2D eigenvalue weighted by Gasteiger charge is -2.18. The molecule has 0 bridgehead atoms. The fourth-order valence-corrected chi connectivity index (χ4v) is 6.27. The van der Waals surface area contributed by atoms with Gasteiger partial charge in [-0.15, -0.1) is 0 Å². The lowest BCUT2D eigenvalue weighted by atomic mass is 9.88. The predicted octanol–water partition coefficient (Wildman–Crippen LogP) is 11.1. The highest BCUT2D eigenvalue weighted by atomic mass is 35.5. The summed E-state index contributed by atoms with van der Waals surface area (Å²) in [7, 11) is 0. The molecule has 0 amide bonds. The number of halogens is 1. The maximum atomic E-state index is 7.34. The number of hydrogen-bond acceptors (Lipinski definition) is 6. The molecule has 0 N–H and O–H groups in total. The summed E-state index contributed by atoms with van der Waals surface area (Å²) in [5.74, 6) is 1.98. The Balaban J connectivity index is 1.29. The van der Waals surface area contributed by atoms with Crippen molar-refractivity contribution in [1.29, 1.82) is 0 Å². The van der Waals surface area contributed by atoms with Crippen LogP contribution in [-0.4, -0.2) is 15.0 Å². The average Bonchev–Trinajstić information content (AvgIpc) is 3.64. The van der Waals surface area contributed by atoms with E-state index < -0.39 is 0 Å². The van der Waals surface area contributed by atoms with E-state index in [0.29, 0.717) is 35.2 Å². The molecule has 0 fully saturated rings. The quantitative estimate of drug-likeness (QED) is 0.144. The van der Waals surface area contributed by atoms with Gasteiger partial charge < -0.3 is 13.9 Å². The van der Waals surface area contributed by atoms with Gasteiger partial charge in [-0.05, 0) is 82.9 Å². The lowest BCUT2D eigenvalue weighted by molar-refractivity contribution is 0.306. The Morgan fingerprint density at radius 2 is 1.10 bits per heavy atom. The summed E-state index contributed by atoms with van der Waals surface area (Å²) in [5, 5.41) is 0.439. The van der Waals surface area contributed by atoms with E-state index in [4.69, 9.17) is 35.5 Å². The van der Waals surface area contributed by atoms with Crippen LogP contribution in [0.1, 0.15) is 11.1 Å². The van der Waals surface area contributed by atoms with E-state index >= 15 is 0 Å². The molecule has 7 heteroatoms. The molecule has 0 radical (unpaired) electrons. The van der Waals surface area contributed by atoms with Crippen LogP contribution in [0.5, 0.6) is 11.5 Å². The molecule has 0 atom stereocenters. The van der Waals surface area contributed by atoms with Crippen LogP contribution >= 0.6 is 11.6 Å². The van der Waals surface area contributed by atoms with E-state index in [-0.39, 0.29) is 0 Å². The zero-order valence-electron chi connectivity index (χ0n) is 26.9. The summed E-state index contributed by atoms with van der Waals surface area (Å²) in [6.07, 6.45) is 5.29. The second-order valence-electron chi connectivity index (χ2n) is 11.7. The van der Waals surface area contributed by atoms with E-state index in [1.807, 2.05) is 127 Å². The maximum absolute atomic E-state index is 7.34. The first kappa shape index (κ1) is 31.1. The summed E-state index contributed by atoms with van der Waals surface area (Å²) < 4.78 is 18.7. The molecule has 0 aliphatic carbocycles.